The van der Waals surface area contributed by atoms with Crippen molar-refractivity contribution < 1.29 is 9.26 Å². The third kappa shape index (κ3) is 3.17. The highest BCUT2D eigenvalue weighted by Gasteiger charge is 2.30. The van der Waals surface area contributed by atoms with Crippen molar-refractivity contribution in [3.8, 4) is 0 Å². The number of nitrogens with zero attached hydrogens (tertiary/aromatic N) is 3. The molecule has 0 aliphatic carbocycles. The van der Waals surface area contributed by atoms with Gasteiger partial charge in [-0.2, -0.15) is 4.98 Å². The first-order valence-corrected chi connectivity index (χ1v) is 7.29. The van der Waals surface area contributed by atoms with Crippen LogP contribution in [0.15, 0.2) is 15.4 Å². The van der Waals surface area contributed by atoms with Crippen LogP contribution in [0.3, 0.4) is 0 Å². The van der Waals surface area contributed by atoms with E-state index in [1.807, 2.05) is 17.8 Å². The summed E-state index contributed by atoms with van der Waals surface area (Å²) in [5.74, 6) is 1.25. The summed E-state index contributed by atoms with van der Waals surface area (Å²) in [4.78, 5) is 8.44. The molecule has 1 aliphatic rings. The van der Waals surface area contributed by atoms with Crippen LogP contribution in [0, 0.1) is 6.92 Å². The fourth-order valence-corrected chi connectivity index (χ4v) is 2.73. The minimum atomic E-state index is -0.0488. The van der Waals surface area contributed by atoms with E-state index in [9.17, 15) is 0 Å². The van der Waals surface area contributed by atoms with Crippen molar-refractivity contribution in [2.24, 2.45) is 0 Å². The molecule has 1 aliphatic heterocycles. The van der Waals surface area contributed by atoms with Crippen molar-refractivity contribution in [1.29, 1.82) is 0 Å². The van der Waals surface area contributed by atoms with Crippen molar-refractivity contribution >= 4 is 11.3 Å². The Morgan fingerprint density at radius 1 is 1.47 bits per heavy atom. The van der Waals surface area contributed by atoms with Crippen molar-refractivity contribution in [2.45, 2.75) is 38.5 Å². The molecule has 1 N–H and O–H groups in total. The van der Waals surface area contributed by atoms with E-state index in [-0.39, 0.29) is 12.2 Å². The summed E-state index contributed by atoms with van der Waals surface area (Å²) in [6, 6.07) is 0. The van der Waals surface area contributed by atoms with E-state index >= 15 is 0 Å². The molecule has 0 saturated carbocycles. The minimum absolute atomic E-state index is 0.0488. The molecular weight excluding hydrogens is 264 g/mol. The second kappa shape index (κ2) is 5.77. The van der Waals surface area contributed by atoms with E-state index in [4.69, 9.17) is 9.26 Å². The first-order chi connectivity index (χ1) is 9.31. The molecule has 2 aromatic heterocycles. The summed E-state index contributed by atoms with van der Waals surface area (Å²) in [7, 11) is 0. The second-order valence-electron chi connectivity index (χ2n) is 4.61. The van der Waals surface area contributed by atoms with Gasteiger partial charge in [-0.25, -0.2) is 4.98 Å². The number of rotatable bonds is 5. The quantitative estimate of drug-likeness (QED) is 0.901. The fraction of sp³-hybridized carbons (Fsp3) is 0.583. The van der Waals surface area contributed by atoms with Crippen molar-refractivity contribution in [3.05, 3.63) is 28.3 Å². The molecular formula is C12H16N4O2S. The van der Waals surface area contributed by atoms with E-state index in [0.717, 1.165) is 31.6 Å². The van der Waals surface area contributed by atoms with Gasteiger partial charge in [-0.05, 0) is 19.8 Å². The third-order valence-electron chi connectivity index (χ3n) is 3.09. The van der Waals surface area contributed by atoms with Crippen molar-refractivity contribution in [1.82, 2.24) is 20.4 Å². The Hall–Kier alpha value is -1.31. The van der Waals surface area contributed by atoms with Gasteiger partial charge in [0.1, 0.15) is 6.10 Å². The van der Waals surface area contributed by atoms with Gasteiger partial charge >= 0.3 is 0 Å². The predicted molar refractivity (Wildman–Crippen MR) is 69.7 cm³/mol. The predicted octanol–water partition coefficient (Wildman–Crippen LogP) is 1.84. The van der Waals surface area contributed by atoms with E-state index < -0.39 is 0 Å². The van der Waals surface area contributed by atoms with Gasteiger partial charge in [-0.1, -0.05) is 5.16 Å². The zero-order chi connectivity index (χ0) is 13.1. The SMILES string of the molecule is Cc1noc([C@@H]2CC[C@H](CNCc3cscn3)O2)n1. The monoisotopic (exact) mass is 280 g/mol. The summed E-state index contributed by atoms with van der Waals surface area (Å²) < 4.78 is 11.0. The molecule has 2 aromatic rings. The molecule has 0 aromatic carbocycles. The molecule has 1 fully saturated rings. The lowest BCUT2D eigenvalue weighted by Crippen LogP contribution is -2.26. The molecule has 6 nitrogen and oxygen atoms in total. The topological polar surface area (TPSA) is 73.1 Å². The van der Waals surface area contributed by atoms with Crippen LogP contribution in [0.2, 0.25) is 0 Å². The molecule has 1 saturated heterocycles. The Labute approximate surface area is 115 Å². The number of hydrogen-bond acceptors (Lipinski definition) is 7. The zero-order valence-corrected chi connectivity index (χ0v) is 11.5. The smallest absolute Gasteiger partial charge is 0.255 e. The maximum Gasteiger partial charge on any atom is 0.255 e. The van der Waals surface area contributed by atoms with Gasteiger partial charge in [0.15, 0.2) is 5.82 Å². The highest BCUT2D eigenvalue weighted by molar-refractivity contribution is 7.07. The molecule has 0 spiro atoms. The van der Waals surface area contributed by atoms with Gasteiger partial charge < -0.3 is 14.6 Å². The van der Waals surface area contributed by atoms with Gasteiger partial charge in [-0.3, -0.25) is 0 Å². The Kier molecular flexibility index (Phi) is 3.86. The van der Waals surface area contributed by atoms with E-state index in [1.165, 1.54) is 0 Å². The summed E-state index contributed by atoms with van der Waals surface area (Å²) >= 11 is 1.61. The van der Waals surface area contributed by atoms with Crippen LogP contribution in [0.25, 0.3) is 0 Å². The highest BCUT2D eigenvalue weighted by atomic mass is 32.1. The molecule has 7 heteroatoms. The van der Waals surface area contributed by atoms with Crippen LogP contribution < -0.4 is 5.32 Å². The number of hydrogen-bond donors (Lipinski definition) is 1. The third-order valence-corrected chi connectivity index (χ3v) is 3.72. The summed E-state index contributed by atoms with van der Waals surface area (Å²) in [6.45, 7) is 3.42. The van der Waals surface area contributed by atoms with Gasteiger partial charge in [0.2, 0.25) is 0 Å². The molecule has 0 amide bonds. The summed E-state index contributed by atoms with van der Waals surface area (Å²) in [6.07, 6.45) is 2.10. The largest absolute Gasteiger partial charge is 0.364 e. The maximum atomic E-state index is 5.90. The second-order valence-corrected chi connectivity index (χ2v) is 5.33. The summed E-state index contributed by atoms with van der Waals surface area (Å²) in [5, 5.41) is 9.20. The van der Waals surface area contributed by atoms with Crippen LogP contribution in [-0.4, -0.2) is 27.8 Å². The lowest BCUT2D eigenvalue weighted by atomic mass is 10.2. The normalized spacial score (nSPS) is 23.0. The number of thiazole rings is 1. The van der Waals surface area contributed by atoms with E-state index in [0.29, 0.717) is 11.7 Å². The standard InChI is InChI=1S/C12H16N4O2S/c1-8-15-12(18-16-8)11-3-2-10(17-11)5-13-4-9-6-19-7-14-9/h6-7,10-11,13H,2-5H2,1H3/t10-,11+/m1/s1. The molecule has 3 heterocycles. The molecule has 2 atom stereocenters. The van der Waals surface area contributed by atoms with Crippen LogP contribution in [0.1, 0.15) is 36.4 Å². The van der Waals surface area contributed by atoms with E-state index in [2.05, 4.69) is 20.4 Å². The minimum Gasteiger partial charge on any atom is -0.364 e. The first-order valence-electron chi connectivity index (χ1n) is 6.34. The fourth-order valence-electron chi connectivity index (χ4n) is 2.17. The molecule has 0 unspecified atom stereocenters. The molecule has 3 rings (SSSR count). The first kappa shape index (κ1) is 12.7. The Morgan fingerprint density at radius 2 is 2.42 bits per heavy atom. The molecule has 0 radical (unpaired) electrons. The van der Waals surface area contributed by atoms with Crippen molar-refractivity contribution in [3.63, 3.8) is 0 Å². The lowest BCUT2D eigenvalue weighted by molar-refractivity contribution is 0.0264. The number of ether oxygens (including phenoxy) is 1. The van der Waals surface area contributed by atoms with Crippen LogP contribution in [0.4, 0.5) is 0 Å². The van der Waals surface area contributed by atoms with Crippen LogP contribution in [-0.2, 0) is 11.3 Å². The molecule has 102 valence electrons. The highest BCUT2D eigenvalue weighted by Crippen LogP contribution is 2.31. The Balaban J connectivity index is 1.44. The van der Waals surface area contributed by atoms with Crippen molar-refractivity contribution in [2.75, 3.05) is 6.54 Å². The number of aromatic nitrogens is 3. The average Bonchev–Trinajstić information content (AvgIpc) is 3.09. The maximum absolute atomic E-state index is 5.90. The van der Waals surface area contributed by atoms with Gasteiger partial charge in [0.05, 0.1) is 17.3 Å². The van der Waals surface area contributed by atoms with Gasteiger partial charge in [-0.15, -0.1) is 11.3 Å². The van der Waals surface area contributed by atoms with E-state index in [1.54, 1.807) is 11.3 Å². The number of nitrogens with one attached hydrogen (secondary N) is 1. The average molecular weight is 280 g/mol. The lowest BCUT2D eigenvalue weighted by Gasteiger charge is -2.11. The van der Waals surface area contributed by atoms with Crippen LogP contribution >= 0.6 is 11.3 Å². The van der Waals surface area contributed by atoms with Gasteiger partial charge in [0, 0.05) is 18.5 Å². The zero-order valence-electron chi connectivity index (χ0n) is 10.7. The Bertz CT molecular complexity index is 514. The van der Waals surface area contributed by atoms with Crippen LogP contribution in [0.5, 0.6) is 0 Å². The summed E-state index contributed by atoms with van der Waals surface area (Å²) in [5.41, 5.74) is 2.92. The van der Waals surface area contributed by atoms with Gasteiger partial charge in [0.25, 0.3) is 5.89 Å². The Morgan fingerprint density at radius 3 is 3.16 bits per heavy atom. The molecule has 19 heavy (non-hydrogen) atoms. The number of aryl methyl sites for hydroxylation is 1. The molecule has 0 bridgehead atoms.